The SMILES string of the molecule is CCCN(c1ccccc1N)S(=O)(=O)c1ccccc1Br. The van der Waals surface area contributed by atoms with Crippen molar-refractivity contribution >= 4 is 37.3 Å². The van der Waals surface area contributed by atoms with Crippen LogP contribution in [0.5, 0.6) is 0 Å². The molecule has 0 aliphatic carbocycles. The minimum atomic E-state index is -3.66. The highest BCUT2D eigenvalue weighted by molar-refractivity contribution is 9.10. The van der Waals surface area contributed by atoms with E-state index >= 15 is 0 Å². The predicted octanol–water partition coefficient (Wildman–Crippen LogP) is 3.64. The lowest BCUT2D eigenvalue weighted by Crippen LogP contribution is -2.32. The molecule has 0 heterocycles. The quantitative estimate of drug-likeness (QED) is 0.819. The Hall–Kier alpha value is -1.53. The van der Waals surface area contributed by atoms with Crippen molar-refractivity contribution in [2.24, 2.45) is 0 Å². The van der Waals surface area contributed by atoms with E-state index in [9.17, 15) is 8.42 Å². The lowest BCUT2D eigenvalue weighted by Gasteiger charge is -2.25. The van der Waals surface area contributed by atoms with Crippen LogP contribution in [0.15, 0.2) is 57.9 Å². The molecule has 0 fully saturated rings. The molecule has 0 atom stereocenters. The maximum absolute atomic E-state index is 12.9. The van der Waals surface area contributed by atoms with Crippen molar-refractivity contribution in [1.29, 1.82) is 0 Å². The van der Waals surface area contributed by atoms with Gasteiger partial charge in [-0.3, -0.25) is 4.31 Å². The molecule has 0 aromatic heterocycles. The summed E-state index contributed by atoms with van der Waals surface area (Å²) in [5.74, 6) is 0. The van der Waals surface area contributed by atoms with Gasteiger partial charge in [-0.1, -0.05) is 31.2 Å². The number of anilines is 2. The highest BCUT2D eigenvalue weighted by atomic mass is 79.9. The first-order valence-electron chi connectivity index (χ1n) is 6.60. The van der Waals surface area contributed by atoms with Crippen molar-refractivity contribution in [3.63, 3.8) is 0 Å². The first-order chi connectivity index (χ1) is 9.98. The Kier molecular flexibility index (Phi) is 4.90. The van der Waals surface area contributed by atoms with Gasteiger partial charge in [-0.05, 0) is 46.6 Å². The monoisotopic (exact) mass is 368 g/mol. The van der Waals surface area contributed by atoms with E-state index in [1.807, 2.05) is 6.92 Å². The molecule has 0 aliphatic rings. The Morgan fingerprint density at radius 3 is 2.33 bits per heavy atom. The first-order valence-corrected chi connectivity index (χ1v) is 8.83. The van der Waals surface area contributed by atoms with Gasteiger partial charge in [0.1, 0.15) is 4.90 Å². The zero-order valence-corrected chi connectivity index (χ0v) is 14.1. The largest absolute Gasteiger partial charge is 0.397 e. The van der Waals surface area contributed by atoms with Crippen molar-refractivity contribution in [3.8, 4) is 0 Å². The number of nitrogens with zero attached hydrogens (tertiary/aromatic N) is 1. The molecule has 4 nitrogen and oxygen atoms in total. The molecule has 2 N–H and O–H groups in total. The fourth-order valence-corrected chi connectivity index (χ4v) is 4.61. The van der Waals surface area contributed by atoms with Crippen LogP contribution in [0.1, 0.15) is 13.3 Å². The fraction of sp³-hybridized carbons (Fsp3) is 0.200. The number of hydrogen-bond acceptors (Lipinski definition) is 3. The van der Waals surface area contributed by atoms with Crippen LogP contribution in [0.4, 0.5) is 11.4 Å². The van der Waals surface area contributed by atoms with E-state index in [4.69, 9.17) is 5.73 Å². The Balaban J connectivity index is 2.58. The standard InChI is InChI=1S/C15H17BrN2O2S/c1-2-11-18(14-9-5-4-8-13(14)17)21(19,20)15-10-6-3-7-12(15)16/h3-10H,2,11,17H2,1H3. The van der Waals surface area contributed by atoms with E-state index in [0.29, 0.717) is 28.8 Å². The first kappa shape index (κ1) is 15.9. The van der Waals surface area contributed by atoms with Crippen LogP contribution in [0.25, 0.3) is 0 Å². The highest BCUT2D eigenvalue weighted by Gasteiger charge is 2.27. The summed E-state index contributed by atoms with van der Waals surface area (Å²) in [6.45, 7) is 2.31. The normalized spacial score (nSPS) is 11.3. The molecule has 0 radical (unpaired) electrons. The Morgan fingerprint density at radius 2 is 1.71 bits per heavy atom. The fourth-order valence-electron chi connectivity index (χ4n) is 2.06. The third-order valence-corrected chi connectivity index (χ3v) is 5.86. The number of nitrogens with two attached hydrogens (primary N) is 1. The third kappa shape index (κ3) is 3.22. The van der Waals surface area contributed by atoms with Gasteiger partial charge in [-0.2, -0.15) is 0 Å². The van der Waals surface area contributed by atoms with Crippen molar-refractivity contribution in [3.05, 3.63) is 53.0 Å². The van der Waals surface area contributed by atoms with E-state index in [-0.39, 0.29) is 4.90 Å². The molecule has 2 aromatic rings. The van der Waals surface area contributed by atoms with Crippen molar-refractivity contribution in [2.75, 3.05) is 16.6 Å². The average Bonchev–Trinajstić information content (AvgIpc) is 2.46. The molecular formula is C15H17BrN2O2S. The lowest BCUT2D eigenvalue weighted by molar-refractivity contribution is 0.589. The van der Waals surface area contributed by atoms with E-state index in [1.165, 1.54) is 4.31 Å². The summed E-state index contributed by atoms with van der Waals surface area (Å²) in [4.78, 5) is 0.238. The zero-order valence-electron chi connectivity index (χ0n) is 11.7. The summed E-state index contributed by atoms with van der Waals surface area (Å²) in [5.41, 5.74) is 6.90. The molecule has 0 bridgehead atoms. The smallest absolute Gasteiger partial charge is 0.265 e. The molecular weight excluding hydrogens is 352 g/mol. The molecule has 0 aliphatic heterocycles. The van der Waals surface area contributed by atoms with Gasteiger partial charge in [-0.25, -0.2) is 8.42 Å². The second-order valence-electron chi connectivity index (χ2n) is 4.57. The van der Waals surface area contributed by atoms with Gasteiger partial charge in [0.05, 0.1) is 11.4 Å². The molecule has 21 heavy (non-hydrogen) atoms. The molecule has 0 spiro atoms. The van der Waals surface area contributed by atoms with Gasteiger partial charge < -0.3 is 5.73 Å². The number of hydrogen-bond donors (Lipinski definition) is 1. The molecule has 112 valence electrons. The number of para-hydroxylation sites is 2. The molecule has 0 saturated carbocycles. The predicted molar refractivity (Wildman–Crippen MR) is 89.8 cm³/mol. The molecule has 2 aromatic carbocycles. The van der Waals surface area contributed by atoms with E-state index < -0.39 is 10.0 Å². The van der Waals surface area contributed by atoms with E-state index in [0.717, 1.165) is 0 Å². The van der Waals surface area contributed by atoms with Crippen LogP contribution in [-0.2, 0) is 10.0 Å². The van der Waals surface area contributed by atoms with Gasteiger partial charge in [0.2, 0.25) is 0 Å². The van der Waals surface area contributed by atoms with Crippen LogP contribution in [0.2, 0.25) is 0 Å². The maximum atomic E-state index is 12.9. The average molecular weight is 369 g/mol. The molecule has 2 rings (SSSR count). The van der Waals surface area contributed by atoms with Crippen LogP contribution < -0.4 is 10.0 Å². The molecule has 6 heteroatoms. The minimum Gasteiger partial charge on any atom is -0.397 e. The summed E-state index contributed by atoms with van der Waals surface area (Å²) >= 11 is 3.31. The van der Waals surface area contributed by atoms with Gasteiger partial charge >= 0.3 is 0 Å². The van der Waals surface area contributed by atoms with Crippen molar-refractivity contribution < 1.29 is 8.42 Å². The second kappa shape index (κ2) is 6.49. The van der Waals surface area contributed by atoms with Gasteiger partial charge in [0.25, 0.3) is 10.0 Å². The van der Waals surface area contributed by atoms with Crippen LogP contribution in [0, 0.1) is 0 Å². The van der Waals surface area contributed by atoms with Crippen molar-refractivity contribution in [2.45, 2.75) is 18.2 Å². The summed E-state index contributed by atoms with van der Waals surface area (Å²) in [6.07, 6.45) is 0.692. The van der Waals surface area contributed by atoms with Crippen molar-refractivity contribution in [1.82, 2.24) is 0 Å². The highest BCUT2D eigenvalue weighted by Crippen LogP contribution is 2.31. The number of sulfonamides is 1. The Bertz CT molecular complexity index is 732. The summed E-state index contributed by atoms with van der Waals surface area (Å²) in [6, 6.07) is 13.8. The minimum absolute atomic E-state index is 0.238. The van der Waals surface area contributed by atoms with Gasteiger partial charge in [0.15, 0.2) is 0 Å². The lowest BCUT2D eigenvalue weighted by atomic mass is 10.2. The van der Waals surface area contributed by atoms with Crippen LogP contribution >= 0.6 is 15.9 Å². The molecule has 0 amide bonds. The van der Waals surface area contributed by atoms with E-state index in [1.54, 1.807) is 48.5 Å². The van der Waals surface area contributed by atoms with Gasteiger partial charge in [-0.15, -0.1) is 0 Å². The van der Waals surface area contributed by atoms with E-state index in [2.05, 4.69) is 15.9 Å². The summed E-state index contributed by atoms with van der Waals surface area (Å²) < 4.78 is 27.8. The van der Waals surface area contributed by atoms with Crippen LogP contribution in [0.3, 0.4) is 0 Å². The number of rotatable bonds is 5. The number of halogens is 1. The van der Waals surface area contributed by atoms with Crippen LogP contribution in [-0.4, -0.2) is 15.0 Å². The molecule has 0 saturated heterocycles. The topological polar surface area (TPSA) is 63.4 Å². The number of nitrogen functional groups attached to an aromatic ring is 1. The van der Waals surface area contributed by atoms with Gasteiger partial charge in [0, 0.05) is 11.0 Å². The summed E-state index contributed by atoms with van der Waals surface area (Å²) in [5, 5.41) is 0. The Labute approximate surface area is 133 Å². The summed E-state index contributed by atoms with van der Waals surface area (Å²) in [7, 11) is -3.66. The third-order valence-electron chi connectivity index (χ3n) is 3.04. The molecule has 0 unspecified atom stereocenters. The maximum Gasteiger partial charge on any atom is 0.265 e. The Morgan fingerprint density at radius 1 is 1.10 bits per heavy atom. The zero-order chi connectivity index (χ0) is 15.5. The second-order valence-corrected chi connectivity index (χ2v) is 7.25. The number of benzene rings is 2.